The van der Waals surface area contributed by atoms with E-state index < -0.39 is 0 Å². The van der Waals surface area contributed by atoms with Crippen molar-refractivity contribution in [3.8, 4) is 5.75 Å². The molecule has 1 aliphatic heterocycles. The normalized spacial score (nSPS) is 16.4. The minimum atomic E-state index is 0.218. The Morgan fingerprint density at radius 2 is 2.05 bits per heavy atom. The fourth-order valence-electron chi connectivity index (χ4n) is 2.95. The topological polar surface area (TPSA) is 34.5 Å². The first-order valence-electron chi connectivity index (χ1n) is 7.58. The van der Waals surface area contributed by atoms with Crippen LogP contribution in [0, 0.1) is 5.92 Å². The number of hydrogen-bond donors (Lipinski definition) is 0. The average molecular weight is 286 g/mol. The number of piperidine rings is 1. The van der Waals surface area contributed by atoms with Gasteiger partial charge in [-0.15, -0.1) is 0 Å². The lowest BCUT2D eigenvalue weighted by Gasteiger charge is -2.30. The molecule has 1 fully saturated rings. The Hall–Kier alpha value is -1.97. The molecule has 1 aromatic heterocycles. The Bertz CT molecular complexity index is 639. The predicted octanol–water partition coefficient (Wildman–Crippen LogP) is 2.91. The smallest absolute Gasteiger partial charge is 0.242 e. The van der Waals surface area contributed by atoms with Gasteiger partial charge >= 0.3 is 0 Å². The molecule has 1 amide bonds. The second-order valence-electron chi connectivity index (χ2n) is 5.93. The Morgan fingerprint density at radius 3 is 2.76 bits per heavy atom. The van der Waals surface area contributed by atoms with Crippen molar-refractivity contribution in [3.05, 3.63) is 30.5 Å². The van der Waals surface area contributed by atoms with Crippen molar-refractivity contribution in [1.29, 1.82) is 0 Å². The summed E-state index contributed by atoms with van der Waals surface area (Å²) < 4.78 is 7.26. The summed E-state index contributed by atoms with van der Waals surface area (Å²) in [5.41, 5.74) is 1.08. The zero-order valence-electron chi connectivity index (χ0n) is 12.7. The van der Waals surface area contributed by atoms with Crippen molar-refractivity contribution in [1.82, 2.24) is 9.47 Å². The van der Waals surface area contributed by atoms with Crippen LogP contribution in [0.15, 0.2) is 30.5 Å². The summed E-state index contributed by atoms with van der Waals surface area (Å²) in [6.45, 7) is 4.47. The van der Waals surface area contributed by atoms with Crippen LogP contribution in [0.5, 0.6) is 5.75 Å². The number of aromatic nitrogens is 1. The van der Waals surface area contributed by atoms with E-state index in [1.54, 1.807) is 7.11 Å². The molecule has 3 rings (SSSR count). The number of methoxy groups -OCH3 is 1. The zero-order chi connectivity index (χ0) is 14.8. The molecule has 0 saturated carbocycles. The first kappa shape index (κ1) is 14.0. The molecule has 0 radical (unpaired) electrons. The largest absolute Gasteiger partial charge is 0.497 e. The summed E-state index contributed by atoms with van der Waals surface area (Å²) in [7, 11) is 1.67. The first-order chi connectivity index (χ1) is 10.2. The van der Waals surface area contributed by atoms with Crippen LogP contribution in [0.25, 0.3) is 10.9 Å². The fourth-order valence-corrected chi connectivity index (χ4v) is 2.95. The number of benzene rings is 1. The highest BCUT2D eigenvalue weighted by atomic mass is 16.5. The summed E-state index contributed by atoms with van der Waals surface area (Å²) in [5, 5.41) is 1.11. The van der Waals surface area contributed by atoms with E-state index in [0.717, 1.165) is 48.5 Å². The molecular formula is C17H22N2O2. The number of rotatable bonds is 3. The molecular weight excluding hydrogens is 264 g/mol. The van der Waals surface area contributed by atoms with Crippen LogP contribution in [0.2, 0.25) is 0 Å². The second kappa shape index (κ2) is 5.80. The molecule has 112 valence electrons. The number of ether oxygens (including phenoxy) is 1. The summed E-state index contributed by atoms with van der Waals surface area (Å²) in [5.74, 6) is 1.81. The molecule has 21 heavy (non-hydrogen) atoms. The SMILES string of the molecule is COc1ccc2c(ccn2CC(=O)N2CCC(C)CC2)c1. The van der Waals surface area contributed by atoms with Crippen molar-refractivity contribution >= 4 is 16.8 Å². The number of fused-ring (bicyclic) bond motifs is 1. The van der Waals surface area contributed by atoms with Crippen LogP contribution in [-0.2, 0) is 11.3 Å². The zero-order valence-corrected chi connectivity index (χ0v) is 12.7. The van der Waals surface area contributed by atoms with Gasteiger partial charge in [0.15, 0.2) is 0 Å². The maximum absolute atomic E-state index is 12.4. The Kier molecular flexibility index (Phi) is 3.86. The van der Waals surface area contributed by atoms with Gasteiger partial charge in [0.25, 0.3) is 0 Å². The van der Waals surface area contributed by atoms with Gasteiger partial charge in [0, 0.05) is 30.2 Å². The van der Waals surface area contributed by atoms with Crippen LogP contribution < -0.4 is 4.74 Å². The minimum absolute atomic E-state index is 0.218. The minimum Gasteiger partial charge on any atom is -0.497 e. The molecule has 1 saturated heterocycles. The third-order valence-electron chi connectivity index (χ3n) is 4.42. The molecule has 0 unspecified atom stereocenters. The van der Waals surface area contributed by atoms with Crippen molar-refractivity contribution in [2.75, 3.05) is 20.2 Å². The molecule has 4 nitrogen and oxygen atoms in total. The lowest BCUT2D eigenvalue weighted by atomic mass is 9.99. The monoisotopic (exact) mass is 286 g/mol. The van der Waals surface area contributed by atoms with Crippen molar-refractivity contribution in [2.45, 2.75) is 26.3 Å². The third kappa shape index (κ3) is 2.89. The summed E-state index contributed by atoms with van der Waals surface area (Å²) in [6, 6.07) is 7.98. The van der Waals surface area contributed by atoms with Gasteiger partial charge in [-0.25, -0.2) is 0 Å². The lowest BCUT2D eigenvalue weighted by Crippen LogP contribution is -2.39. The third-order valence-corrected chi connectivity index (χ3v) is 4.42. The van der Waals surface area contributed by atoms with E-state index in [4.69, 9.17) is 4.74 Å². The van der Waals surface area contributed by atoms with Crippen LogP contribution >= 0.6 is 0 Å². The quantitative estimate of drug-likeness (QED) is 0.869. The summed E-state index contributed by atoms with van der Waals surface area (Å²) in [6.07, 6.45) is 4.22. The van der Waals surface area contributed by atoms with E-state index >= 15 is 0 Å². The van der Waals surface area contributed by atoms with Gasteiger partial charge in [0.05, 0.1) is 7.11 Å². The van der Waals surface area contributed by atoms with Gasteiger partial charge in [-0.3, -0.25) is 4.79 Å². The van der Waals surface area contributed by atoms with Crippen molar-refractivity contribution < 1.29 is 9.53 Å². The number of carbonyl (C=O) groups excluding carboxylic acids is 1. The maximum atomic E-state index is 12.4. The highest BCUT2D eigenvalue weighted by Crippen LogP contribution is 2.22. The van der Waals surface area contributed by atoms with Gasteiger partial charge in [0.1, 0.15) is 12.3 Å². The number of amides is 1. The first-order valence-corrected chi connectivity index (χ1v) is 7.58. The lowest BCUT2D eigenvalue weighted by molar-refractivity contribution is -0.133. The molecule has 0 N–H and O–H groups in total. The van der Waals surface area contributed by atoms with Gasteiger partial charge in [-0.05, 0) is 43.0 Å². The molecule has 0 atom stereocenters. The van der Waals surface area contributed by atoms with Crippen molar-refractivity contribution in [2.24, 2.45) is 5.92 Å². The van der Waals surface area contributed by atoms with Gasteiger partial charge in [0.2, 0.25) is 5.91 Å². The van der Waals surface area contributed by atoms with E-state index in [2.05, 4.69) is 6.92 Å². The summed E-state index contributed by atoms with van der Waals surface area (Å²) >= 11 is 0. The Morgan fingerprint density at radius 1 is 1.29 bits per heavy atom. The second-order valence-corrected chi connectivity index (χ2v) is 5.93. The number of likely N-dealkylation sites (tertiary alicyclic amines) is 1. The standard InChI is InChI=1S/C17H22N2O2/c1-13-5-8-18(9-6-13)17(20)12-19-10-7-14-11-15(21-2)3-4-16(14)19/h3-4,7,10-11,13H,5-6,8-9,12H2,1-2H3. The highest BCUT2D eigenvalue weighted by molar-refractivity contribution is 5.84. The molecule has 2 heterocycles. The molecule has 4 heteroatoms. The van der Waals surface area contributed by atoms with E-state index in [1.165, 1.54) is 0 Å². The molecule has 1 aromatic carbocycles. The van der Waals surface area contributed by atoms with Crippen LogP contribution in [0.3, 0.4) is 0 Å². The van der Waals surface area contributed by atoms with Crippen LogP contribution in [0.4, 0.5) is 0 Å². The maximum Gasteiger partial charge on any atom is 0.242 e. The molecule has 1 aliphatic rings. The number of carbonyl (C=O) groups is 1. The summed E-state index contributed by atoms with van der Waals surface area (Å²) in [4.78, 5) is 14.4. The van der Waals surface area contributed by atoms with E-state index in [-0.39, 0.29) is 5.91 Å². The van der Waals surface area contributed by atoms with E-state index in [9.17, 15) is 4.79 Å². The molecule has 0 spiro atoms. The fraction of sp³-hybridized carbons (Fsp3) is 0.471. The molecule has 0 aliphatic carbocycles. The Balaban J connectivity index is 1.74. The molecule has 2 aromatic rings. The van der Waals surface area contributed by atoms with E-state index in [1.807, 2.05) is 39.9 Å². The number of hydrogen-bond acceptors (Lipinski definition) is 2. The Labute approximate surface area is 125 Å². The van der Waals surface area contributed by atoms with Gasteiger partial charge < -0.3 is 14.2 Å². The predicted molar refractivity (Wildman–Crippen MR) is 83.5 cm³/mol. The van der Waals surface area contributed by atoms with E-state index in [0.29, 0.717) is 6.54 Å². The van der Waals surface area contributed by atoms with Crippen molar-refractivity contribution in [3.63, 3.8) is 0 Å². The van der Waals surface area contributed by atoms with Crippen LogP contribution in [0.1, 0.15) is 19.8 Å². The highest BCUT2D eigenvalue weighted by Gasteiger charge is 2.20. The van der Waals surface area contributed by atoms with Crippen LogP contribution in [-0.4, -0.2) is 35.6 Å². The average Bonchev–Trinajstić information content (AvgIpc) is 2.90. The van der Waals surface area contributed by atoms with Gasteiger partial charge in [-0.2, -0.15) is 0 Å². The van der Waals surface area contributed by atoms with Gasteiger partial charge in [-0.1, -0.05) is 6.92 Å². The number of nitrogens with zero attached hydrogens (tertiary/aromatic N) is 2. The molecule has 0 bridgehead atoms.